The molecule has 0 aromatic carbocycles. The van der Waals surface area contributed by atoms with Crippen LogP contribution in [0.2, 0.25) is 0 Å². The van der Waals surface area contributed by atoms with Gasteiger partial charge in [-0.2, -0.15) is 0 Å². The SMILES string of the molecule is CCOC(OCC)C1OCC(=O)C1C(=O)OC. The lowest BCUT2D eigenvalue weighted by molar-refractivity contribution is -0.204. The number of esters is 1. The first-order valence-electron chi connectivity index (χ1n) is 5.61. The molecule has 1 heterocycles. The number of carbonyl (C=O) groups excluding carboxylic acids is 2. The first-order chi connectivity index (χ1) is 8.15. The smallest absolute Gasteiger partial charge is 0.319 e. The van der Waals surface area contributed by atoms with Gasteiger partial charge in [-0.1, -0.05) is 0 Å². The fraction of sp³-hybridized carbons (Fsp3) is 0.818. The third kappa shape index (κ3) is 3.24. The van der Waals surface area contributed by atoms with Gasteiger partial charge in [0.15, 0.2) is 12.1 Å². The van der Waals surface area contributed by atoms with E-state index in [2.05, 4.69) is 4.74 Å². The number of carbonyl (C=O) groups is 2. The summed E-state index contributed by atoms with van der Waals surface area (Å²) in [7, 11) is 1.24. The first kappa shape index (κ1) is 14.1. The summed E-state index contributed by atoms with van der Waals surface area (Å²) in [6.07, 6.45) is -1.45. The molecule has 6 heteroatoms. The third-order valence-corrected chi connectivity index (χ3v) is 2.48. The third-order valence-electron chi connectivity index (χ3n) is 2.48. The quantitative estimate of drug-likeness (QED) is 0.377. The fourth-order valence-corrected chi connectivity index (χ4v) is 1.74. The Hall–Kier alpha value is -0.980. The van der Waals surface area contributed by atoms with Crippen molar-refractivity contribution >= 4 is 11.8 Å². The van der Waals surface area contributed by atoms with Crippen molar-refractivity contribution in [3.63, 3.8) is 0 Å². The second-order valence-electron chi connectivity index (χ2n) is 3.52. The lowest BCUT2D eigenvalue weighted by Gasteiger charge is -2.25. The van der Waals surface area contributed by atoms with E-state index >= 15 is 0 Å². The van der Waals surface area contributed by atoms with Crippen LogP contribution in [0.4, 0.5) is 0 Å². The van der Waals surface area contributed by atoms with Gasteiger partial charge >= 0.3 is 5.97 Å². The highest BCUT2D eigenvalue weighted by atomic mass is 16.7. The number of methoxy groups -OCH3 is 1. The molecule has 0 bridgehead atoms. The Bertz CT molecular complexity index is 271. The molecule has 1 aliphatic rings. The van der Waals surface area contributed by atoms with Gasteiger partial charge < -0.3 is 18.9 Å². The predicted octanol–water partition coefficient (Wildman–Crippen LogP) is 0.143. The van der Waals surface area contributed by atoms with Crippen LogP contribution in [-0.4, -0.2) is 51.1 Å². The van der Waals surface area contributed by atoms with Crippen molar-refractivity contribution in [1.29, 1.82) is 0 Å². The minimum absolute atomic E-state index is 0.110. The molecular weight excluding hydrogens is 228 g/mol. The van der Waals surface area contributed by atoms with E-state index < -0.39 is 24.3 Å². The van der Waals surface area contributed by atoms with Crippen molar-refractivity contribution in [3.05, 3.63) is 0 Å². The summed E-state index contributed by atoms with van der Waals surface area (Å²) in [6.45, 7) is 4.31. The summed E-state index contributed by atoms with van der Waals surface area (Å²) in [6, 6.07) is 0. The molecule has 1 fully saturated rings. The topological polar surface area (TPSA) is 71.1 Å². The standard InChI is InChI=1S/C11H18O6/c1-4-15-11(16-5-2)9-8(10(13)14-3)7(12)6-17-9/h8-9,11H,4-6H2,1-3H3. The first-order valence-corrected chi connectivity index (χ1v) is 5.61. The molecule has 1 rings (SSSR count). The molecule has 0 saturated carbocycles. The van der Waals surface area contributed by atoms with Crippen LogP contribution < -0.4 is 0 Å². The zero-order valence-corrected chi connectivity index (χ0v) is 10.3. The van der Waals surface area contributed by atoms with Crippen molar-refractivity contribution in [2.45, 2.75) is 26.2 Å². The Labute approximate surface area is 100 Å². The lowest BCUT2D eigenvalue weighted by atomic mass is 10.00. The van der Waals surface area contributed by atoms with Crippen LogP contribution in [0.3, 0.4) is 0 Å². The fourth-order valence-electron chi connectivity index (χ4n) is 1.74. The van der Waals surface area contributed by atoms with Crippen LogP contribution in [0.15, 0.2) is 0 Å². The largest absolute Gasteiger partial charge is 0.468 e. The summed E-state index contributed by atoms with van der Waals surface area (Å²) >= 11 is 0. The monoisotopic (exact) mass is 246 g/mol. The minimum atomic E-state index is -0.955. The Morgan fingerprint density at radius 3 is 2.47 bits per heavy atom. The molecule has 0 spiro atoms. The van der Waals surface area contributed by atoms with Crippen LogP contribution in [0, 0.1) is 5.92 Å². The molecule has 0 amide bonds. The van der Waals surface area contributed by atoms with E-state index in [4.69, 9.17) is 14.2 Å². The van der Waals surface area contributed by atoms with Crippen molar-refractivity contribution in [3.8, 4) is 0 Å². The zero-order valence-electron chi connectivity index (χ0n) is 10.3. The molecule has 17 heavy (non-hydrogen) atoms. The Morgan fingerprint density at radius 2 is 2.00 bits per heavy atom. The molecule has 1 aliphatic heterocycles. The van der Waals surface area contributed by atoms with Crippen molar-refractivity contribution in [2.24, 2.45) is 5.92 Å². The summed E-state index contributed by atoms with van der Waals surface area (Å²) in [5, 5.41) is 0. The molecular formula is C11H18O6. The summed E-state index contributed by atoms with van der Waals surface area (Å²) in [4.78, 5) is 23.1. The maximum Gasteiger partial charge on any atom is 0.319 e. The lowest BCUT2D eigenvalue weighted by Crippen LogP contribution is -2.41. The van der Waals surface area contributed by atoms with Gasteiger partial charge in [0.1, 0.15) is 18.6 Å². The van der Waals surface area contributed by atoms with Gasteiger partial charge in [0.2, 0.25) is 0 Å². The maximum atomic E-state index is 11.6. The number of hydrogen-bond donors (Lipinski definition) is 0. The van der Waals surface area contributed by atoms with E-state index in [9.17, 15) is 9.59 Å². The van der Waals surface area contributed by atoms with Crippen molar-refractivity contribution in [2.75, 3.05) is 26.9 Å². The van der Waals surface area contributed by atoms with Gasteiger partial charge in [-0.3, -0.25) is 9.59 Å². The number of Topliss-reactive ketones (excluding diaryl/α,β-unsaturated/α-hetero) is 1. The molecule has 6 nitrogen and oxygen atoms in total. The van der Waals surface area contributed by atoms with Crippen LogP contribution in [0.1, 0.15) is 13.8 Å². The Kier molecular flexibility index (Phi) is 5.54. The highest BCUT2D eigenvalue weighted by Gasteiger charge is 2.47. The number of hydrogen-bond acceptors (Lipinski definition) is 6. The second kappa shape index (κ2) is 6.68. The second-order valence-corrected chi connectivity index (χ2v) is 3.52. The Morgan fingerprint density at radius 1 is 1.41 bits per heavy atom. The zero-order chi connectivity index (χ0) is 12.8. The van der Waals surface area contributed by atoms with Crippen LogP contribution in [-0.2, 0) is 28.5 Å². The maximum absolute atomic E-state index is 11.6. The van der Waals surface area contributed by atoms with Gasteiger partial charge in [-0.15, -0.1) is 0 Å². The highest BCUT2D eigenvalue weighted by molar-refractivity contribution is 6.01. The molecule has 98 valence electrons. The summed E-state index contributed by atoms with van der Waals surface area (Å²) < 4.78 is 20.5. The van der Waals surface area contributed by atoms with Crippen LogP contribution >= 0.6 is 0 Å². The molecule has 0 radical (unpaired) electrons. The van der Waals surface area contributed by atoms with E-state index in [1.165, 1.54) is 7.11 Å². The van der Waals surface area contributed by atoms with E-state index in [1.54, 1.807) is 13.8 Å². The molecule has 2 unspecified atom stereocenters. The molecule has 1 saturated heterocycles. The number of rotatable bonds is 6. The van der Waals surface area contributed by atoms with Gasteiger partial charge in [-0.25, -0.2) is 0 Å². The van der Waals surface area contributed by atoms with Crippen molar-refractivity contribution < 1.29 is 28.5 Å². The number of ether oxygens (including phenoxy) is 4. The Balaban J connectivity index is 2.78. The molecule has 0 aromatic heterocycles. The average Bonchev–Trinajstić information content (AvgIpc) is 2.70. The van der Waals surface area contributed by atoms with Gasteiger partial charge in [0.25, 0.3) is 0 Å². The van der Waals surface area contributed by atoms with Crippen LogP contribution in [0.5, 0.6) is 0 Å². The normalized spacial score (nSPS) is 24.4. The summed E-state index contributed by atoms with van der Waals surface area (Å²) in [5.41, 5.74) is 0. The highest BCUT2D eigenvalue weighted by Crippen LogP contribution is 2.24. The van der Waals surface area contributed by atoms with E-state index in [1.807, 2.05) is 0 Å². The molecule has 2 atom stereocenters. The molecule has 0 N–H and O–H groups in total. The van der Waals surface area contributed by atoms with E-state index in [0.717, 1.165) is 0 Å². The number of ketones is 1. The molecule has 0 aromatic rings. The van der Waals surface area contributed by atoms with Crippen LogP contribution in [0.25, 0.3) is 0 Å². The van der Waals surface area contributed by atoms with E-state index in [-0.39, 0.29) is 12.4 Å². The molecule has 0 aliphatic carbocycles. The van der Waals surface area contributed by atoms with Crippen molar-refractivity contribution in [1.82, 2.24) is 0 Å². The average molecular weight is 246 g/mol. The van der Waals surface area contributed by atoms with Gasteiger partial charge in [-0.05, 0) is 13.8 Å². The minimum Gasteiger partial charge on any atom is -0.468 e. The summed E-state index contributed by atoms with van der Waals surface area (Å²) in [5.74, 6) is -1.86. The van der Waals surface area contributed by atoms with Gasteiger partial charge in [0, 0.05) is 13.2 Å². The van der Waals surface area contributed by atoms with Gasteiger partial charge in [0.05, 0.1) is 7.11 Å². The predicted molar refractivity (Wildman–Crippen MR) is 57.3 cm³/mol. The van der Waals surface area contributed by atoms with E-state index in [0.29, 0.717) is 13.2 Å².